The van der Waals surface area contributed by atoms with Gasteiger partial charge in [0, 0.05) is 27.2 Å². The zero-order valence-corrected chi connectivity index (χ0v) is 15.2. The summed E-state index contributed by atoms with van der Waals surface area (Å²) in [6.45, 7) is 2.56. The Balaban J connectivity index is 1.38. The van der Waals surface area contributed by atoms with Gasteiger partial charge in [-0.1, -0.05) is 12.1 Å². The monoisotopic (exact) mass is 355 g/mol. The second-order valence-corrected chi connectivity index (χ2v) is 5.91. The van der Waals surface area contributed by atoms with Crippen molar-refractivity contribution in [2.75, 3.05) is 20.2 Å². The number of hydrogen-bond acceptors (Lipinski definition) is 4. The Kier molecular flexibility index (Phi) is 6.27. The van der Waals surface area contributed by atoms with Crippen LogP contribution in [-0.4, -0.2) is 35.7 Å². The number of rotatable bonds is 8. The van der Waals surface area contributed by atoms with Gasteiger partial charge in [-0.05, 0) is 30.7 Å². The number of nitrogens with one attached hydrogen (secondary N) is 2. The zero-order chi connectivity index (χ0) is 18.2. The van der Waals surface area contributed by atoms with Crippen molar-refractivity contribution in [1.29, 1.82) is 0 Å². The fraction of sp³-hybridized carbons (Fsp3) is 0.368. The number of furan rings is 1. The van der Waals surface area contributed by atoms with Crippen LogP contribution in [0.25, 0.3) is 11.0 Å². The van der Waals surface area contributed by atoms with E-state index in [1.165, 1.54) is 0 Å². The maximum absolute atomic E-state index is 5.56. The molecular weight excluding hydrogens is 330 g/mol. The third-order valence-electron chi connectivity index (χ3n) is 4.10. The van der Waals surface area contributed by atoms with Gasteiger partial charge in [-0.2, -0.15) is 0 Å². The second-order valence-electron chi connectivity index (χ2n) is 5.91. The minimum atomic E-state index is 0.507. The van der Waals surface area contributed by atoms with Crippen molar-refractivity contribution < 1.29 is 9.15 Å². The number of aromatic nitrogens is 2. The lowest BCUT2D eigenvalue weighted by Gasteiger charge is -2.12. The van der Waals surface area contributed by atoms with Crippen molar-refractivity contribution >= 4 is 17.0 Å². The van der Waals surface area contributed by atoms with Crippen LogP contribution in [0.15, 0.2) is 52.1 Å². The fourth-order valence-corrected chi connectivity index (χ4v) is 2.69. The number of aliphatic imine (C=N–C) groups is 1. The van der Waals surface area contributed by atoms with Crippen LogP contribution in [0.1, 0.15) is 18.0 Å². The number of imidazole rings is 1. The highest BCUT2D eigenvalue weighted by Crippen LogP contribution is 2.13. The van der Waals surface area contributed by atoms with E-state index in [4.69, 9.17) is 9.15 Å². The number of benzene rings is 1. The Labute approximate surface area is 153 Å². The molecular formula is C19H25N5O2. The predicted molar refractivity (Wildman–Crippen MR) is 102 cm³/mol. The lowest BCUT2D eigenvalue weighted by molar-refractivity contribution is 0.105. The van der Waals surface area contributed by atoms with Crippen LogP contribution in [0.3, 0.4) is 0 Å². The first-order valence-electron chi connectivity index (χ1n) is 8.73. The van der Waals surface area contributed by atoms with E-state index in [1.54, 1.807) is 13.3 Å². The van der Waals surface area contributed by atoms with Crippen LogP contribution in [-0.2, 0) is 24.9 Å². The van der Waals surface area contributed by atoms with Crippen LogP contribution in [0.4, 0.5) is 0 Å². The van der Waals surface area contributed by atoms with Crippen LogP contribution in [0.2, 0.25) is 0 Å². The molecule has 0 bridgehead atoms. The van der Waals surface area contributed by atoms with Gasteiger partial charge in [-0.3, -0.25) is 4.99 Å². The fourth-order valence-electron chi connectivity index (χ4n) is 2.69. The van der Waals surface area contributed by atoms with E-state index in [0.29, 0.717) is 19.8 Å². The minimum absolute atomic E-state index is 0.507. The van der Waals surface area contributed by atoms with E-state index in [0.717, 1.165) is 41.5 Å². The van der Waals surface area contributed by atoms with Gasteiger partial charge in [0.1, 0.15) is 18.2 Å². The molecule has 0 aliphatic rings. The van der Waals surface area contributed by atoms with Crippen molar-refractivity contribution in [2.45, 2.75) is 19.6 Å². The summed E-state index contributed by atoms with van der Waals surface area (Å²) in [5.41, 5.74) is 2.13. The average molecular weight is 355 g/mol. The van der Waals surface area contributed by atoms with Gasteiger partial charge in [0.2, 0.25) is 0 Å². The Hall–Kier alpha value is -2.80. The molecule has 1 aromatic carbocycles. The molecule has 2 heterocycles. The van der Waals surface area contributed by atoms with Crippen LogP contribution in [0, 0.1) is 0 Å². The van der Waals surface area contributed by atoms with E-state index in [9.17, 15) is 0 Å². The number of ether oxygens (including phenoxy) is 1. The molecule has 0 amide bonds. The quantitative estimate of drug-likeness (QED) is 0.369. The molecule has 7 heteroatoms. The van der Waals surface area contributed by atoms with Crippen LogP contribution >= 0.6 is 0 Å². The summed E-state index contributed by atoms with van der Waals surface area (Å²) in [6.07, 6.45) is 2.54. The number of para-hydroxylation sites is 2. The van der Waals surface area contributed by atoms with Crippen molar-refractivity contribution in [3.8, 4) is 0 Å². The summed E-state index contributed by atoms with van der Waals surface area (Å²) in [6, 6.07) is 11.9. The molecule has 7 nitrogen and oxygen atoms in total. The third kappa shape index (κ3) is 4.64. The molecule has 0 saturated carbocycles. The Morgan fingerprint density at radius 3 is 2.88 bits per heavy atom. The van der Waals surface area contributed by atoms with Crippen LogP contribution in [0.5, 0.6) is 0 Å². The number of guanidine groups is 1. The standard InChI is InChI=1S/C19H25N5O2/c1-20-19(21-10-6-11-25-14-15-7-5-12-26-15)22-13-18-23-16-8-3-4-9-17(16)24(18)2/h3-5,7-9,12H,6,10-11,13-14H2,1-2H3,(H2,20,21,22). The predicted octanol–water partition coefficient (Wildman–Crippen LogP) is 2.44. The lowest BCUT2D eigenvalue weighted by atomic mass is 10.3. The summed E-state index contributed by atoms with van der Waals surface area (Å²) in [5.74, 6) is 2.57. The third-order valence-corrected chi connectivity index (χ3v) is 4.10. The van der Waals surface area contributed by atoms with Gasteiger partial charge < -0.3 is 24.4 Å². The Morgan fingerprint density at radius 1 is 1.23 bits per heavy atom. The minimum Gasteiger partial charge on any atom is -0.467 e. The molecule has 0 aliphatic heterocycles. The Morgan fingerprint density at radius 2 is 2.12 bits per heavy atom. The number of aryl methyl sites for hydroxylation is 1. The van der Waals surface area contributed by atoms with E-state index >= 15 is 0 Å². The summed E-state index contributed by atoms with van der Waals surface area (Å²) in [7, 11) is 3.79. The highest BCUT2D eigenvalue weighted by molar-refractivity contribution is 5.80. The smallest absolute Gasteiger partial charge is 0.191 e. The molecule has 3 rings (SSSR count). The molecule has 0 radical (unpaired) electrons. The number of fused-ring (bicyclic) bond motifs is 1. The van der Waals surface area contributed by atoms with Crippen molar-refractivity contribution in [1.82, 2.24) is 20.2 Å². The maximum Gasteiger partial charge on any atom is 0.191 e. The first kappa shape index (κ1) is 18.0. The van der Waals surface area contributed by atoms with Gasteiger partial charge in [-0.15, -0.1) is 0 Å². The summed E-state index contributed by atoms with van der Waals surface area (Å²) < 4.78 is 12.9. The van der Waals surface area contributed by atoms with Gasteiger partial charge in [0.15, 0.2) is 5.96 Å². The molecule has 0 aliphatic carbocycles. The topological polar surface area (TPSA) is 76.6 Å². The molecule has 0 fully saturated rings. The van der Waals surface area contributed by atoms with Gasteiger partial charge in [-0.25, -0.2) is 4.98 Å². The molecule has 138 valence electrons. The number of nitrogens with zero attached hydrogens (tertiary/aromatic N) is 3. The van der Waals surface area contributed by atoms with E-state index in [1.807, 2.05) is 37.4 Å². The van der Waals surface area contributed by atoms with E-state index in [-0.39, 0.29) is 0 Å². The largest absolute Gasteiger partial charge is 0.467 e. The lowest BCUT2D eigenvalue weighted by Crippen LogP contribution is -2.38. The molecule has 26 heavy (non-hydrogen) atoms. The van der Waals surface area contributed by atoms with Crippen LogP contribution < -0.4 is 10.6 Å². The number of hydrogen-bond donors (Lipinski definition) is 2. The molecule has 3 aromatic rings. The summed E-state index contributed by atoms with van der Waals surface area (Å²) in [5, 5.41) is 6.59. The van der Waals surface area contributed by atoms with E-state index in [2.05, 4.69) is 31.2 Å². The normalized spacial score (nSPS) is 11.8. The second kappa shape index (κ2) is 9.05. The van der Waals surface area contributed by atoms with Crippen molar-refractivity contribution in [2.24, 2.45) is 12.0 Å². The SMILES string of the molecule is CN=C(NCCCOCc1ccco1)NCc1nc2ccccc2n1C. The first-order valence-corrected chi connectivity index (χ1v) is 8.73. The van der Waals surface area contributed by atoms with Crippen molar-refractivity contribution in [3.05, 3.63) is 54.2 Å². The van der Waals surface area contributed by atoms with Gasteiger partial charge in [0.25, 0.3) is 0 Å². The molecule has 2 aromatic heterocycles. The molecule has 0 atom stereocenters. The highest BCUT2D eigenvalue weighted by Gasteiger charge is 2.07. The molecule has 0 saturated heterocycles. The first-order chi connectivity index (χ1) is 12.8. The zero-order valence-electron chi connectivity index (χ0n) is 15.2. The summed E-state index contributed by atoms with van der Waals surface area (Å²) in [4.78, 5) is 8.90. The Bertz CT molecular complexity index is 839. The van der Waals surface area contributed by atoms with Gasteiger partial charge in [0.05, 0.1) is 23.8 Å². The van der Waals surface area contributed by atoms with Crippen molar-refractivity contribution in [3.63, 3.8) is 0 Å². The molecule has 2 N–H and O–H groups in total. The average Bonchev–Trinajstić information content (AvgIpc) is 3.29. The summed E-state index contributed by atoms with van der Waals surface area (Å²) >= 11 is 0. The maximum atomic E-state index is 5.56. The molecule has 0 spiro atoms. The molecule has 0 unspecified atom stereocenters. The van der Waals surface area contributed by atoms with E-state index < -0.39 is 0 Å². The van der Waals surface area contributed by atoms with Gasteiger partial charge >= 0.3 is 0 Å². The highest BCUT2D eigenvalue weighted by atomic mass is 16.5.